The average molecular weight is 439 g/mol. The monoisotopic (exact) mass is 437 g/mol. The molecule has 2 atom stereocenters. The molecule has 138 valence electrons. The van der Waals surface area contributed by atoms with Crippen molar-refractivity contribution in [3.8, 4) is 5.75 Å². The first-order valence-electron chi connectivity index (χ1n) is 7.29. The van der Waals surface area contributed by atoms with E-state index in [2.05, 4.69) is 0 Å². The minimum Gasteiger partial charge on any atom is -0.404 e. The number of phosphoric acid groups is 1. The summed E-state index contributed by atoms with van der Waals surface area (Å²) >= 11 is 18.2. The van der Waals surface area contributed by atoms with Gasteiger partial charge in [0.1, 0.15) is 5.75 Å². The summed E-state index contributed by atoms with van der Waals surface area (Å²) in [4.78, 5) is 10.1. The third kappa shape index (κ3) is 4.31. The molecule has 2 aromatic carbocycles. The van der Waals surface area contributed by atoms with Crippen LogP contribution in [0.2, 0.25) is 15.1 Å². The van der Waals surface area contributed by atoms with Gasteiger partial charge in [0.05, 0.1) is 27.7 Å². The minimum atomic E-state index is -3.96. The Labute approximate surface area is 163 Å². The van der Waals surface area contributed by atoms with Gasteiger partial charge in [0.25, 0.3) is 5.69 Å². The van der Waals surface area contributed by atoms with Crippen molar-refractivity contribution in [3.05, 3.63) is 67.1 Å². The molecule has 2 aromatic rings. The third-order valence-corrected chi connectivity index (χ3v) is 6.00. The van der Waals surface area contributed by atoms with Crippen LogP contribution in [0, 0.1) is 10.1 Å². The first kappa shape index (κ1) is 19.4. The summed E-state index contributed by atoms with van der Waals surface area (Å²) < 4.78 is 28.8. The van der Waals surface area contributed by atoms with Gasteiger partial charge < -0.3 is 4.52 Å². The van der Waals surface area contributed by atoms with Crippen molar-refractivity contribution in [3.63, 3.8) is 0 Å². The number of nitrogens with zero attached hydrogens (tertiary/aromatic N) is 1. The molecule has 1 aliphatic heterocycles. The Balaban J connectivity index is 1.81. The molecule has 0 bridgehead atoms. The molecule has 0 saturated carbocycles. The van der Waals surface area contributed by atoms with E-state index in [1.165, 1.54) is 30.3 Å². The lowest BCUT2D eigenvalue weighted by Gasteiger charge is -2.29. The normalized spacial score (nSPS) is 22.8. The predicted octanol–water partition coefficient (Wildman–Crippen LogP) is 6.22. The van der Waals surface area contributed by atoms with Crippen LogP contribution in [0.15, 0.2) is 36.4 Å². The van der Waals surface area contributed by atoms with Gasteiger partial charge in [-0.15, -0.1) is 0 Å². The zero-order valence-corrected chi connectivity index (χ0v) is 16.1. The maximum Gasteiger partial charge on any atom is 0.530 e. The number of phosphoric ester groups is 1. The van der Waals surface area contributed by atoms with Crippen LogP contribution < -0.4 is 4.52 Å². The first-order chi connectivity index (χ1) is 12.3. The summed E-state index contributed by atoms with van der Waals surface area (Å²) in [6.07, 6.45) is -0.333. The highest BCUT2D eigenvalue weighted by Crippen LogP contribution is 2.57. The Hall–Kier alpha value is -1.34. The van der Waals surface area contributed by atoms with E-state index in [1.54, 1.807) is 6.07 Å². The number of hydrogen-bond donors (Lipinski definition) is 0. The summed E-state index contributed by atoms with van der Waals surface area (Å²) in [7, 11) is -3.96. The van der Waals surface area contributed by atoms with Gasteiger partial charge in [-0.3, -0.25) is 19.2 Å². The highest BCUT2D eigenvalue weighted by atomic mass is 35.5. The number of halogens is 3. The molecule has 0 radical (unpaired) electrons. The molecule has 1 heterocycles. The highest BCUT2D eigenvalue weighted by molar-refractivity contribution is 7.49. The fourth-order valence-corrected chi connectivity index (χ4v) is 4.47. The molecule has 1 saturated heterocycles. The van der Waals surface area contributed by atoms with E-state index in [0.717, 1.165) is 0 Å². The van der Waals surface area contributed by atoms with Gasteiger partial charge in [-0.2, -0.15) is 0 Å². The maximum atomic E-state index is 12.8. The van der Waals surface area contributed by atoms with E-state index in [1.807, 2.05) is 0 Å². The van der Waals surface area contributed by atoms with Gasteiger partial charge in [0.15, 0.2) is 0 Å². The number of nitro benzene ring substituents is 1. The largest absolute Gasteiger partial charge is 0.530 e. The zero-order valence-electron chi connectivity index (χ0n) is 12.9. The second-order valence-corrected chi connectivity index (χ2v) is 8.06. The van der Waals surface area contributed by atoms with Crippen LogP contribution in [0.25, 0.3) is 0 Å². The third-order valence-electron chi connectivity index (χ3n) is 3.52. The lowest BCUT2D eigenvalue weighted by Crippen LogP contribution is -2.17. The van der Waals surface area contributed by atoms with Crippen LogP contribution >= 0.6 is 42.6 Å². The maximum absolute atomic E-state index is 12.8. The van der Waals surface area contributed by atoms with E-state index in [4.69, 9.17) is 48.4 Å². The summed E-state index contributed by atoms with van der Waals surface area (Å²) in [6.45, 7) is 0.0926. The summed E-state index contributed by atoms with van der Waals surface area (Å²) in [6, 6.07) is 8.10. The number of hydrogen-bond acceptors (Lipinski definition) is 6. The number of rotatable bonds is 4. The molecule has 7 nitrogen and oxygen atoms in total. The van der Waals surface area contributed by atoms with Crippen molar-refractivity contribution < 1.29 is 23.1 Å². The van der Waals surface area contributed by atoms with Crippen LogP contribution in [0.5, 0.6) is 5.75 Å². The Morgan fingerprint density at radius 1 is 1.19 bits per heavy atom. The van der Waals surface area contributed by atoms with E-state index < -0.39 is 18.8 Å². The molecule has 1 fully saturated rings. The second kappa shape index (κ2) is 7.72. The van der Waals surface area contributed by atoms with Gasteiger partial charge in [-0.1, -0.05) is 34.8 Å². The minimum absolute atomic E-state index is 0.0926. The standard InChI is InChI=1S/C15H11Cl3NO6P/c16-9-7-12(15(18)13(17)8-9)14-5-6-23-26(22,25-14)24-11-3-1-10(2-4-11)19(20)21/h1-4,7-8,14H,5-6H2. The van der Waals surface area contributed by atoms with Gasteiger partial charge in [0, 0.05) is 29.1 Å². The Bertz CT molecular complexity index is 892. The molecular weight excluding hydrogens is 427 g/mol. The van der Waals surface area contributed by atoms with Gasteiger partial charge in [0.2, 0.25) is 0 Å². The molecule has 0 spiro atoms. The van der Waals surface area contributed by atoms with Crippen molar-refractivity contribution in [1.82, 2.24) is 0 Å². The topological polar surface area (TPSA) is 87.9 Å². The van der Waals surface area contributed by atoms with E-state index in [-0.39, 0.29) is 28.1 Å². The summed E-state index contributed by atoms with van der Waals surface area (Å²) in [5, 5.41) is 11.5. The van der Waals surface area contributed by atoms with Gasteiger partial charge in [-0.05, 0) is 24.3 Å². The number of non-ortho nitro benzene ring substituents is 1. The summed E-state index contributed by atoms with van der Waals surface area (Å²) in [5.74, 6) is 0.106. The van der Waals surface area contributed by atoms with Crippen molar-refractivity contribution >= 4 is 48.3 Å². The van der Waals surface area contributed by atoms with Crippen LogP contribution in [-0.4, -0.2) is 11.5 Å². The molecule has 0 aliphatic carbocycles. The Kier molecular flexibility index (Phi) is 5.77. The SMILES string of the molecule is O=[N+]([O-])c1ccc(OP2(=O)OCCC(c3cc(Cl)cc(Cl)c3Cl)O2)cc1. The van der Waals surface area contributed by atoms with Crippen molar-refractivity contribution in [2.24, 2.45) is 0 Å². The quantitative estimate of drug-likeness (QED) is 0.244. The van der Waals surface area contributed by atoms with Crippen molar-refractivity contribution in [1.29, 1.82) is 0 Å². The van der Waals surface area contributed by atoms with E-state index in [9.17, 15) is 14.7 Å². The van der Waals surface area contributed by atoms with Crippen LogP contribution in [-0.2, 0) is 13.6 Å². The number of nitro groups is 1. The van der Waals surface area contributed by atoms with Crippen molar-refractivity contribution in [2.75, 3.05) is 6.61 Å². The second-order valence-electron chi connectivity index (χ2n) is 5.30. The lowest BCUT2D eigenvalue weighted by atomic mass is 10.1. The lowest BCUT2D eigenvalue weighted by molar-refractivity contribution is -0.384. The molecule has 11 heteroatoms. The van der Waals surface area contributed by atoms with Gasteiger partial charge in [-0.25, -0.2) is 4.57 Å². The molecule has 2 unspecified atom stereocenters. The van der Waals surface area contributed by atoms with Crippen LogP contribution in [0.4, 0.5) is 5.69 Å². The fraction of sp³-hybridized carbons (Fsp3) is 0.200. The fourth-order valence-electron chi connectivity index (χ4n) is 2.34. The highest BCUT2D eigenvalue weighted by Gasteiger charge is 2.38. The van der Waals surface area contributed by atoms with E-state index >= 15 is 0 Å². The van der Waals surface area contributed by atoms with Crippen LogP contribution in [0.1, 0.15) is 18.1 Å². The zero-order chi connectivity index (χ0) is 18.9. The predicted molar refractivity (Wildman–Crippen MR) is 97.2 cm³/mol. The molecule has 1 aliphatic rings. The molecular formula is C15H11Cl3NO6P. The smallest absolute Gasteiger partial charge is 0.404 e. The molecule has 3 rings (SSSR count). The molecule has 26 heavy (non-hydrogen) atoms. The Morgan fingerprint density at radius 2 is 1.88 bits per heavy atom. The molecule has 0 aromatic heterocycles. The van der Waals surface area contributed by atoms with Crippen LogP contribution in [0.3, 0.4) is 0 Å². The van der Waals surface area contributed by atoms with Crippen molar-refractivity contribution in [2.45, 2.75) is 12.5 Å². The van der Waals surface area contributed by atoms with E-state index in [0.29, 0.717) is 17.0 Å². The Morgan fingerprint density at radius 3 is 2.54 bits per heavy atom. The summed E-state index contributed by atoms with van der Waals surface area (Å²) in [5.41, 5.74) is 0.347. The number of benzene rings is 2. The molecule has 0 N–H and O–H groups in total. The van der Waals surface area contributed by atoms with Gasteiger partial charge >= 0.3 is 7.82 Å². The molecule has 0 amide bonds. The average Bonchev–Trinajstić information content (AvgIpc) is 2.58. The first-order valence-corrected chi connectivity index (χ1v) is 9.88.